The largest absolute Gasteiger partial charge is 0.464 e. The van der Waals surface area contributed by atoms with Gasteiger partial charge in [-0.25, -0.2) is 0 Å². The van der Waals surface area contributed by atoms with Crippen LogP contribution in [0.2, 0.25) is 0 Å². The molecule has 0 spiro atoms. The summed E-state index contributed by atoms with van der Waals surface area (Å²) >= 11 is 5.61. The third-order valence-electron chi connectivity index (χ3n) is 2.79. The van der Waals surface area contributed by atoms with E-state index in [9.17, 15) is 19.7 Å². The standard InChI is InChI=1S/C14H17ClN2O5/c1-2-3-13(18)22-7-6-16-14(19)10-4-5-11(9-15)12(8-10)17(20)21/h4-5,8H,2-3,6-7,9H2,1H3,(H,16,19). The van der Waals surface area contributed by atoms with Gasteiger partial charge in [0.05, 0.1) is 17.3 Å². The lowest BCUT2D eigenvalue weighted by Gasteiger charge is -2.07. The number of nitro benzene ring substituents is 1. The van der Waals surface area contributed by atoms with Gasteiger partial charge in [0.25, 0.3) is 11.6 Å². The number of carbonyl (C=O) groups is 2. The first-order valence-electron chi connectivity index (χ1n) is 6.76. The summed E-state index contributed by atoms with van der Waals surface area (Å²) in [7, 11) is 0. The van der Waals surface area contributed by atoms with E-state index < -0.39 is 10.8 Å². The molecule has 0 aliphatic heterocycles. The highest BCUT2D eigenvalue weighted by Gasteiger charge is 2.16. The van der Waals surface area contributed by atoms with Gasteiger partial charge < -0.3 is 10.1 Å². The van der Waals surface area contributed by atoms with Crippen molar-refractivity contribution in [3.63, 3.8) is 0 Å². The zero-order valence-electron chi connectivity index (χ0n) is 12.1. The predicted molar refractivity (Wildman–Crippen MR) is 80.9 cm³/mol. The van der Waals surface area contributed by atoms with Crippen molar-refractivity contribution in [2.75, 3.05) is 13.2 Å². The van der Waals surface area contributed by atoms with Gasteiger partial charge in [-0.1, -0.05) is 13.0 Å². The highest BCUT2D eigenvalue weighted by molar-refractivity contribution is 6.17. The highest BCUT2D eigenvalue weighted by Crippen LogP contribution is 2.21. The molecule has 1 rings (SSSR count). The number of rotatable bonds is 8. The number of esters is 1. The molecule has 0 saturated carbocycles. The molecule has 1 N–H and O–H groups in total. The monoisotopic (exact) mass is 328 g/mol. The number of benzene rings is 1. The molecule has 0 bridgehead atoms. The van der Waals surface area contributed by atoms with E-state index in [1.54, 1.807) is 0 Å². The highest BCUT2D eigenvalue weighted by atomic mass is 35.5. The summed E-state index contributed by atoms with van der Waals surface area (Å²) in [5.74, 6) is -0.805. The molecule has 0 aliphatic rings. The number of hydrogen-bond acceptors (Lipinski definition) is 5. The second kappa shape index (κ2) is 8.99. The number of amides is 1. The minimum atomic E-state index is -0.582. The molecule has 0 atom stereocenters. The molecule has 7 nitrogen and oxygen atoms in total. The van der Waals surface area contributed by atoms with Crippen molar-refractivity contribution >= 4 is 29.2 Å². The Kier molecular flexibility index (Phi) is 7.31. The zero-order valence-corrected chi connectivity index (χ0v) is 12.9. The Bertz CT molecular complexity index is 562. The number of nitro groups is 1. The quantitative estimate of drug-likeness (QED) is 0.260. The number of halogens is 1. The number of ether oxygens (including phenoxy) is 1. The molecule has 8 heteroatoms. The maximum absolute atomic E-state index is 11.9. The normalized spacial score (nSPS) is 10.1. The van der Waals surface area contributed by atoms with Crippen LogP contribution in [0.4, 0.5) is 5.69 Å². The van der Waals surface area contributed by atoms with Crippen LogP contribution in [0.1, 0.15) is 35.7 Å². The van der Waals surface area contributed by atoms with Gasteiger partial charge in [-0.05, 0) is 12.5 Å². The van der Waals surface area contributed by atoms with Crippen molar-refractivity contribution in [2.24, 2.45) is 0 Å². The van der Waals surface area contributed by atoms with Gasteiger partial charge in [0.1, 0.15) is 6.61 Å². The van der Waals surface area contributed by atoms with Crippen LogP contribution in [0, 0.1) is 10.1 Å². The molecule has 1 amide bonds. The molecular weight excluding hydrogens is 312 g/mol. The fourth-order valence-corrected chi connectivity index (χ4v) is 1.92. The van der Waals surface area contributed by atoms with Gasteiger partial charge in [0.2, 0.25) is 0 Å². The van der Waals surface area contributed by atoms with Crippen molar-refractivity contribution < 1.29 is 19.2 Å². The molecule has 0 fully saturated rings. The molecule has 0 heterocycles. The first-order chi connectivity index (χ1) is 10.5. The Hall–Kier alpha value is -2.15. The fourth-order valence-electron chi connectivity index (χ4n) is 1.70. The topological polar surface area (TPSA) is 98.5 Å². The maximum Gasteiger partial charge on any atom is 0.305 e. The molecule has 1 aromatic carbocycles. The van der Waals surface area contributed by atoms with Crippen molar-refractivity contribution in [1.82, 2.24) is 5.32 Å². The Balaban J connectivity index is 2.57. The van der Waals surface area contributed by atoms with Crippen LogP contribution in [0.5, 0.6) is 0 Å². The molecule has 0 aliphatic carbocycles. The predicted octanol–water partition coefficient (Wildman–Crippen LogP) is 2.41. The van der Waals surface area contributed by atoms with E-state index in [0.29, 0.717) is 18.4 Å². The van der Waals surface area contributed by atoms with Crippen molar-refractivity contribution in [1.29, 1.82) is 0 Å². The van der Waals surface area contributed by atoms with Crippen LogP contribution < -0.4 is 5.32 Å². The van der Waals surface area contributed by atoms with Crippen molar-refractivity contribution in [3.05, 3.63) is 39.4 Å². The Morgan fingerprint density at radius 3 is 2.73 bits per heavy atom. The summed E-state index contributed by atoms with van der Waals surface area (Å²) in [4.78, 5) is 33.3. The van der Waals surface area contributed by atoms with E-state index >= 15 is 0 Å². The molecule has 120 valence electrons. The molecule has 0 radical (unpaired) electrons. The lowest BCUT2D eigenvalue weighted by Crippen LogP contribution is -2.28. The van der Waals surface area contributed by atoms with Crippen LogP contribution >= 0.6 is 11.6 Å². The summed E-state index contributed by atoms with van der Waals surface area (Å²) in [6, 6.07) is 4.08. The Morgan fingerprint density at radius 2 is 2.14 bits per heavy atom. The molecule has 0 aromatic heterocycles. The first kappa shape index (κ1) is 17.9. The van der Waals surface area contributed by atoms with Gasteiger partial charge >= 0.3 is 5.97 Å². The van der Waals surface area contributed by atoms with E-state index in [1.165, 1.54) is 18.2 Å². The SMILES string of the molecule is CCCC(=O)OCCNC(=O)c1ccc(CCl)c([N+](=O)[O-])c1. The summed E-state index contributed by atoms with van der Waals surface area (Å²) in [6.45, 7) is 2.06. The summed E-state index contributed by atoms with van der Waals surface area (Å²) < 4.78 is 4.89. The smallest absolute Gasteiger partial charge is 0.305 e. The Labute approximate surface area is 132 Å². The number of nitrogens with one attached hydrogen (secondary N) is 1. The number of alkyl halides is 1. The molecule has 0 saturated heterocycles. The Morgan fingerprint density at radius 1 is 1.41 bits per heavy atom. The average Bonchev–Trinajstić information content (AvgIpc) is 2.50. The van der Waals surface area contributed by atoms with Crippen LogP contribution in [-0.2, 0) is 15.4 Å². The van der Waals surface area contributed by atoms with Crippen LogP contribution in [-0.4, -0.2) is 30.0 Å². The minimum Gasteiger partial charge on any atom is -0.464 e. The average molecular weight is 329 g/mol. The van der Waals surface area contributed by atoms with Crippen LogP contribution in [0.25, 0.3) is 0 Å². The van der Waals surface area contributed by atoms with Gasteiger partial charge in [-0.15, -0.1) is 11.6 Å². The van der Waals surface area contributed by atoms with E-state index in [4.69, 9.17) is 16.3 Å². The second-order valence-electron chi connectivity index (χ2n) is 4.46. The van der Waals surface area contributed by atoms with Gasteiger partial charge in [0.15, 0.2) is 0 Å². The third kappa shape index (κ3) is 5.33. The van der Waals surface area contributed by atoms with Gasteiger partial charge in [0, 0.05) is 23.6 Å². The van der Waals surface area contributed by atoms with Crippen molar-refractivity contribution in [3.8, 4) is 0 Å². The lowest BCUT2D eigenvalue weighted by molar-refractivity contribution is -0.385. The summed E-state index contributed by atoms with van der Waals surface area (Å²) in [5, 5.41) is 13.4. The van der Waals surface area contributed by atoms with Crippen LogP contribution in [0.15, 0.2) is 18.2 Å². The lowest BCUT2D eigenvalue weighted by atomic mass is 10.1. The van der Waals surface area contributed by atoms with Gasteiger partial charge in [-0.2, -0.15) is 0 Å². The molecule has 0 unspecified atom stereocenters. The number of nitrogens with zero attached hydrogens (tertiary/aromatic N) is 1. The van der Waals surface area contributed by atoms with Crippen LogP contribution in [0.3, 0.4) is 0 Å². The molecule has 22 heavy (non-hydrogen) atoms. The zero-order chi connectivity index (χ0) is 16.5. The van der Waals surface area contributed by atoms with Gasteiger partial charge in [-0.3, -0.25) is 19.7 Å². The fraction of sp³-hybridized carbons (Fsp3) is 0.429. The van der Waals surface area contributed by atoms with Crippen molar-refractivity contribution in [2.45, 2.75) is 25.6 Å². The van der Waals surface area contributed by atoms with E-state index in [-0.39, 0.29) is 36.3 Å². The number of carbonyl (C=O) groups excluding carboxylic acids is 2. The second-order valence-corrected chi connectivity index (χ2v) is 4.73. The van der Waals surface area contributed by atoms with E-state index in [1.807, 2.05) is 6.92 Å². The molecule has 1 aromatic rings. The van der Waals surface area contributed by atoms with E-state index in [0.717, 1.165) is 0 Å². The summed E-state index contributed by atoms with van der Waals surface area (Å²) in [6.07, 6.45) is 1.03. The van der Waals surface area contributed by atoms with E-state index in [2.05, 4.69) is 5.32 Å². The number of hydrogen-bond donors (Lipinski definition) is 1. The first-order valence-corrected chi connectivity index (χ1v) is 7.30. The summed E-state index contributed by atoms with van der Waals surface area (Å²) in [5.41, 5.74) is 0.300. The maximum atomic E-state index is 11.9. The minimum absolute atomic E-state index is 0.00834. The molecular formula is C14H17ClN2O5. The third-order valence-corrected chi connectivity index (χ3v) is 3.08.